The number of piperidine rings is 1. The van der Waals surface area contributed by atoms with E-state index in [2.05, 4.69) is 20.5 Å². The topological polar surface area (TPSA) is 91.0 Å². The Labute approximate surface area is 156 Å². The van der Waals surface area contributed by atoms with Crippen molar-refractivity contribution in [3.63, 3.8) is 0 Å². The highest BCUT2D eigenvalue weighted by Gasteiger charge is 2.30. The van der Waals surface area contributed by atoms with E-state index >= 15 is 0 Å². The molecule has 2 N–H and O–H groups in total. The smallest absolute Gasteiger partial charge is 0.275 e. The molecule has 27 heavy (non-hydrogen) atoms. The van der Waals surface area contributed by atoms with Crippen LogP contribution in [0.4, 0.5) is 5.82 Å². The normalized spacial score (nSPS) is 17.1. The van der Waals surface area contributed by atoms with Gasteiger partial charge in [-0.25, -0.2) is 4.98 Å². The van der Waals surface area contributed by atoms with Crippen molar-refractivity contribution < 1.29 is 9.59 Å². The van der Waals surface area contributed by atoms with Crippen molar-refractivity contribution in [2.45, 2.75) is 19.8 Å². The summed E-state index contributed by atoms with van der Waals surface area (Å²) in [7, 11) is 0. The zero-order valence-corrected chi connectivity index (χ0v) is 15.1. The van der Waals surface area contributed by atoms with Gasteiger partial charge >= 0.3 is 0 Å². The van der Waals surface area contributed by atoms with Crippen LogP contribution < -0.4 is 5.32 Å². The molecule has 0 bridgehead atoms. The van der Waals surface area contributed by atoms with Gasteiger partial charge < -0.3 is 10.2 Å². The number of amides is 2. The first-order valence-electron chi connectivity index (χ1n) is 9.08. The molecular weight excluding hydrogens is 342 g/mol. The molecule has 0 saturated carbocycles. The lowest BCUT2D eigenvalue weighted by Gasteiger charge is -2.31. The third-order valence-electron chi connectivity index (χ3n) is 4.91. The number of hydrogen-bond acceptors (Lipinski definition) is 4. The predicted octanol–water partition coefficient (Wildman–Crippen LogP) is 2.76. The number of nitrogens with zero attached hydrogens (tertiary/aromatic N) is 3. The summed E-state index contributed by atoms with van der Waals surface area (Å²) < 4.78 is 0. The quantitative estimate of drug-likeness (QED) is 0.749. The number of carbonyl (C=O) groups is 2. The molecule has 1 atom stereocenters. The van der Waals surface area contributed by atoms with Crippen LogP contribution in [-0.2, 0) is 4.79 Å². The fourth-order valence-corrected chi connectivity index (χ4v) is 3.42. The molecule has 3 aromatic rings. The molecule has 4 rings (SSSR count). The maximum atomic E-state index is 12.9. The summed E-state index contributed by atoms with van der Waals surface area (Å²) in [5.74, 6) is 0.0394. The lowest BCUT2D eigenvalue weighted by molar-refractivity contribution is -0.121. The summed E-state index contributed by atoms with van der Waals surface area (Å²) in [6.07, 6.45) is 3.26. The highest BCUT2D eigenvalue weighted by molar-refractivity contribution is 6.05. The van der Waals surface area contributed by atoms with Crippen molar-refractivity contribution in [1.82, 2.24) is 20.1 Å². The second-order valence-electron chi connectivity index (χ2n) is 6.92. The number of aryl methyl sites for hydroxylation is 1. The molecule has 1 aliphatic heterocycles. The Kier molecular flexibility index (Phi) is 4.58. The van der Waals surface area contributed by atoms with Crippen LogP contribution in [0.2, 0.25) is 0 Å². The standard InChI is InChI=1S/C20H21N5O2/c1-13-8-9-17(21-11-13)22-19(26)14-5-4-10-25(12-14)20(27)18-15-6-2-3-7-16(15)23-24-18/h2-3,6-9,11,14H,4-5,10,12H2,1H3,(H,23,24)(H,21,22,26)/t14-/m0/s1. The number of likely N-dealkylation sites (tertiary alicyclic amines) is 1. The number of aromatic nitrogens is 3. The van der Waals surface area contributed by atoms with Gasteiger partial charge in [0.15, 0.2) is 5.69 Å². The van der Waals surface area contributed by atoms with Crippen LogP contribution in [0.25, 0.3) is 10.9 Å². The Morgan fingerprint density at radius 3 is 2.89 bits per heavy atom. The second-order valence-corrected chi connectivity index (χ2v) is 6.92. The first-order valence-corrected chi connectivity index (χ1v) is 9.08. The molecule has 0 spiro atoms. The van der Waals surface area contributed by atoms with Crippen molar-refractivity contribution in [1.29, 1.82) is 0 Å². The van der Waals surface area contributed by atoms with Crippen LogP contribution >= 0.6 is 0 Å². The lowest BCUT2D eigenvalue weighted by atomic mass is 9.96. The lowest BCUT2D eigenvalue weighted by Crippen LogP contribution is -2.44. The van der Waals surface area contributed by atoms with E-state index in [1.807, 2.05) is 37.3 Å². The summed E-state index contributed by atoms with van der Waals surface area (Å²) in [4.78, 5) is 31.5. The van der Waals surface area contributed by atoms with Crippen LogP contribution in [0, 0.1) is 12.8 Å². The minimum Gasteiger partial charge on any atom is -0.336 e. The number of rotatable bonds is 3. The Balaban J connectivity index is 1.46. The Hall–Kier alpha value is -3.22. The third kappa shape index (κ3) is 3.53. The van der Waals surface area contributed by atoms with Gasteiger partial charge in [0.25, 0.3) is 5.91 Å². The van der Waals surface area contributed by atoms with Crippen molar-refractivity contribution in [2.75, 3.05) is 18.4 Å². The average molecular weight is 363 g/mol. The molecule has 0 radical (unpaired) electrons. The second kappa shape index (κ2) is 7.19. The number of para-hydroxylation sites is 1. The molecule has 7 heteroatoms. The molecule has 2 aromatic heterocycles. The number of hydrogen-bond donors (Lipinski definition) is 2. The molecule has 138 valence electrons. The van der Waals surface area contributed by atoms with Gasteiger partial charge in [0.05, 0.1) is 11.4 Å². The van der Waals surface area contributed by atoms with E-state index in [4.69, 9.17) is 0 Å². The number of fused-ring (bicyclic) bond motifs is 1. The van der Waals surface area contributed by atoms with Gasteiger partial charge in [-0.15, -0.1) is 0 Å². The highest BCUT2D eigenvalue weighted by Crippen LogP contribution is 2.22. The van der Waals surface area contributed by atoms with Crippen molar-refractivity contribution in [3.05, 3.63) is 53.9 Å². The van der Waals surface area contributed by atoms with E-state index in [1.54, 1.807) is 17.2 Å². The van der Waals surface area contributed by atoms with E-state index in [9.17, 15) is 9.59 Å². The monoisotopic (exact) mass is 363 g/mol. The van der Waals surface area contributed by atoms with Crippen molar-refractivity contribution >= 4 is 28.5 Å². The molecule has 1 saturated heterocycles. The maximum absolute atomic E-state index is 12.9. The molecule has 0 unspecified atom stereocenters. The van der Waals surface area contributed by atoms with Gasteiger partial charge in [-0.2, -0.15) is 5.10 Å². The molecule has 2 amide bonds. The van der Waals surface area contributed by atoms with Gasteiger partial charge in [-0.05, 0) is 37.5 Å². The number of pyridine rings is 1. The largest absolute Gasteiger partial charge is 0.336 e. The summed E-state index contributed by atoms with van der Waals surface area (Å²) in [6, 6.07) is 11.2. The summed E-state index contributed by atoms with van der Waals surface area (Å²) in [5.41, 5.74) is 2.28. The first-order chi connectivity index (χ1) is 13.1. The van der Waals surface area contributed by atoms with Gasteiger partial charge in [-0.1, -0.05) is 24.3 Å². The number of nitrogens with one attached hydrogen (secondary N) is 2. The van der Waals surface area contributed by atoms with Crippen LogP contribution in [0.5, 0.6) is 0 Å². The first kappa shape index (κ1) is 17.2. The summed E-state index contributed by atoms with van der Waals surface area (Å²) in [5, 5.41) is 10.7. The molecule has 1 fully saturated rings. The molecule has 3 heterocycles. The van der Waals surface area contributed by atoms with Crippen LogP contribution in [0.15, 0.2) is 42.6 Å². The molecule has 0 aliphatic carbocycles. The third-order valence-corrected chi connectivity index (χ3v) is 4.91. The van der Waals surface area contributed by atoms with E-state index in [0.29, 0.717) is 24.6 Å². The number of benzene rings is 1. The van der Waals surface area contributed by atoms with Gasteiger partial charge in [0, 0.05) is 24.7 Å². The number of H-pyrrole nitrogens is 1. The Morgan fingerprint density at radius 1 is 1.22 bits per heavy atom. The van der Waals surface area contributed by atoms with Crippen LogP contribution in [0.3, 0.4) is 0 Å². The Bertz CT molecular complexity index is 979. The Morgan fingerprint density at radius 2 is 2.07 bits per heavy atom. The summed E-state index contributed by atoms with van der Waals surface area (Å²) >= 11 is 0. The molecule has 1 aromatic carbocycles. The zero-order valence-electron chi connectivity index (χ0n) is 15.1. The van der Waals surface area contributed by atoms with E-state index in [-0.39, 0.29) is 17.7 Å². The molecule has 7 nitrogen and oxygen atoms in total. The van der Waals surface area contributed by atoms with Gasteiger partial charge in [0.2, 0.25) is 5.91 Å². The van der Waals surface area contributed by atoms with Crippen molar-refractivity contribution in [2.24, 2.45) is 5.92 Å². The number of aromatic amines is 1. The maximum Gasteiger partial charge on any atom is 0.275 e. The molecule has 1 aliphatic rings. The number of anilines is 1. The van der Waals surface area contributed by atoms with E-state index in [0.717, 1.165) is 29.3 Å². The zero-order chi connectivity index (χ0) is 18.8. The average Bonchev–Trinajstić information content (AvgIpc) is 3.13. The SMILES string of the molecule is Cc1ccc(NC(=O)[C@H]2CCCN(C(=O)c3n[nH]c4ccccc34)C2)nc1. The van der Waals surface area contributed by atoms with Gasteiger partial charge in [0.1, 0.15) is 5.82 Å². The van der Waals surface area contributed by atoms with Crippen LogP contribution in [0.1, 0.15) is 28.9 Å². The number of carbonyl (C=O) groups excluding carboxylic acids is 2. The molecular formula is C20H21N5O2. The van der Waals surface area contributed by atoms with Crippen molar-refractivity contribution in [3.8, 4) is 0 Å². The fourth-order valence-electron chi connectivity index (χ4n) is 3.42. The minimum atomic E-state index is -0.254. The summed E-state index contributed by atoms with van der Waals surface area (Å²) in [6.45, 7) is 2.96. The van der Waals surface area contributed by atoms with Crippen LogP contribution in [-0.4, -0.2) is 45.0 Å². The minimum absolute atomic E-state index is 0.101. The van der Waals surface area contributed by atoms with E-state index < -0.39 is 0 Å². The fraction of sp³-hybridized carbons (Fsp3) is 0.300. The van der Waals surface area contributed by atoms with Gasteiger partial charge in [-0.3, -0.25) is 14.7 Å². The highest BCUT2D eigenvalue weighted by atomic mass is 16.2. The predicted molar refractivity (Wildman–Crippen MR) is 102 cm³/mol. The van der Waals surface area contributed by atoms with E-state index in [1.165, 1.54) is 0 Å².